The van der Waals surface area contributed by atoms with E-state index in [-0.39, 0.29) is 6.54 Å². The Morgan fingerprint density at radius 2 is 2.11 bits per heavy atom. The molecule has 0 amide bonds. The Labute approximate surface area is 104 Å². The molecule has 0 fully saturated rings. The first kappa shape index (κ1) is 10.9. The van der Waals surface area contributed by atoms with Crippen LogP contribution in [-0.2, 0) is 6.54 Å². The summed E-state index contributed by atoms with van der Waals surface area (Å²) < 4.78 is 5.00. The summed E-state index contributed by atoms with van der Waals surface area (Å²) in [7, 11) is 0. The molecule has 0 unspecified atom stereocenters. The number of aryl methyl sites for hydroxylation is 1. The van der Waals surface area contributed by atoms with Gasteiger partial charge >= 0.3 is 0 Å². The first-order valence-corrected chi connectivity index (χ1v) is 5.66. The number of fused-ring (bicyclic) bond motifs is 1. The van der Waals surface area contributed by atoms with Gasteiger partial charge in [0.2, 0.25) is 11.7 Å². The fourth-order valence-electron chi connectivity index (χ4n) is 1.85. The maximum absolute atomic E-state index is 5.44. The van der Waals surface area contributed by atoms with Crippen LogP contribution in [0.1, 0.15) is 11.6 Å². The highest BCUT2D eigenvalue weighted by Gasteiger charge is 2.07. The molecule has 3 aromatic rings. The fraction of sp³-hybridized carbons (Fsp3) is 0.154. The van der Waals surface area contributed by atoms with Gasteiger partial charge in [-0.1, -0.05) is 17.3 Å². The van der Waals surface area contributed by atoms with Crippen LogP contribution in [0, 0.1) is 6.92 Å². The van der Waals surface area contributed by atoms with Crippen LogP contribution in [0.15, 0.2) is 35.0 Å². The summed E-state index contributed by atoms with van der Waals surface area (Å²) in [5.74, 6) is 0.991. The number of rotatable bonds is 2. The predicted molar refractivity (Wildman–Crippen MR) is 67.7 cm³/mol. The van der Waals surface area contributed by atoms with Crippen molar-refractivity contribution in [2.24, 2.45) is 5.73 Å². The second kappa shape index (κ2) is 4.19. The van der Waals surface area contributed by atoms with E-state index in [1.807, 2.05) is 37.4 Å². The molecule has 0 aliphatic carbocycles. The minimum atomic E-state index is 0.251. The molecule has 0 radical (unpaired) electrons. The van der Waals surface area contributed by atoms with Crippen molar-refractivity contribution in [2.75, 3.05) is 0 Å². The quantitative estimate of drug-likeness (QED) is 0.741. The molecule has 0 bridgehead atoms. The average Bonchev–Trinajstić information content (AvgIpc) is 2.87. The third kappa shape index (κ3) is 1.84. The van der Waals surface area contributed by atoms with Crippen molar-refractivity contribution in [3.63, 3.8) is 0 Å². The lowest BCUT2D eigenvalue weighted by molar-refractivity contribution is 0.380. The molecule has 0 saturated heterocycles. The van der Waals surface area contributed by atoms with Gasteiger partial charge in [-0.05, 0) is 24.4 Å². The van der Waals surface area contributed by atoms with Crippen molar-refractivity contribution in [3.05, 3.63) is 42.0 Å². The summed E-state index contributed by atoms with van der Waals surface area (Å²) in [5.41, 5.74) is 7.34. The molecule has 0 aliphatic rings. The van der Waals surface area contributed by atoms with Gasteiger partial charge in [0, 0.05) is 22.8 Å². The zero-order chi connectivity index (χ0) is 12.5. The van der Waals surface area contributed by atoms with E-state index in [1.54, 1.807) is 0 Å². The largest absolute Gasteiger partial charge is 0.338 e. The van der Waals surface area contributed by atoms with Crippen LogP contribution in [-0.4, -0.2) is 15.1 Å². The first-order valence-electron chi connectivity index (χ1n) is 5.66. The standard InChI is InChI=1S/C13H12N4O/c1-8-4-9-2-3-10(5-11(9)7-15-8)13-16-12(6-14)18-17-13/h2-5,7H,6,14H2,1H3. The van der Waals surface area contributed by atoms with Crippen molar-refractivity contribution in [1.29, 1.82) is 0 Å². The van der Waals surface area contributed by atoms with Crippen molar-refractivity contribution < 1.29 is 4.52 Å². The molecule has 90 valence electrons. The molecule has 2 heterocycles. The second-order valence-corrected chi connectivity index (χ2v) is 4.10. The summed E-state index contributed by atoms with van der Waals surface area (Å²) in [4.78, 5) is 8.48. The van der Waals surface area contributed by atoms with E-state index in [9.17, 15) is 0 Å². The first-order chi connectivity index (χ1) is 8.76. The molecule has 0 atom stereocenters. The Morgan fingerprint density at radius 1 is 1.22 bits per heavy atom. The smallest absolute Gasteiger partial charge is 0.240 e. The van der Waals surface area contributed by atoms with E-state index in [1.165, 1.54) is 0 Å². The maximum Gasteiger partial charge on any atom is 0.240 e. The van der Waals surface area contributed by atoms with Gasteiger partial charge in [-0.15, -0.1) is 0 Å². The molecule has 2 N–H and O–H groups in total. The van der Waals surface area contributed by atoms with Gasteiger partial charge < -0.3 is 10.3 Å². The molecule has 0 spiro atoms. The van der Waals surface area contributed by atoms with Crippen molar-refractivity contribution in [2.45, 2.75) is 13.5 Å². The van der Waals surface area contributed by atoms with Gasteiger partial charge in [0.05, 0.1) is 6.54 Å². The number of hydrogen-bond donors (Lipinski definition) is 1. The minimum Gasteiger partial charge on any atom is -0.338 e. The highest BCUT2D eigenvalue weighted by Crippen LogP contribution is 2.22. The molecule has 3 rings (SSSR count). The normalized spacial score (nSPS) is 11.0. The molecule has 5 nitrogen and oxygen atoms in total. The van der Waals surface area contributed by atoms with Crippen LogP contribution < -0.4 is 5.73 Å². The Hall–Kier alpha value is -2.27. The maximum atomic E-state index is 5.44. The Bertz CT molecular complexity index is 705. The monoisotopic (exact) mass is 240 g/mol. The van der Waals surface area contributed by atoms with E-state index in [0.29, 0.717) is 11.7 Å². The number of aromatic nitrogens is 3. The lowest BCUT2D eigenvalue weighted by Gasteiger charge is -2.00. The van der Waals surface area contributed by atoms with Gasteiger partial charge in [0.1, 0.15) is 0 Å². The number of hydrogen-bond acceptors (Lipinski definition) is 5. The summed E-state index contributed by atoms with van der Waals surface area (Å²) >= 11 is 0. The SMILES string of the molecule is Cc1cc2ccc(-c3noc(CN)n3)cc2cn1. The van der Waals surface area contributed by atoms with E-state index < -0.39 is 0 Å². The van der Waals surface area contributed by atoms with Crippen LogP contribution in [0.4, 0.5) is 0 Å². The van der Waals surface area contributed by atoms with Crippen molar-refractivity contribution in [3.8, 4) is 11.4 Å². The lowest BCUT2D eigenvalue weighted by Crippen LogP contribution is -1.95. The highest BCUT2D eigenvalue weighted by atomic mass is 16.5. The zero-order valence-corrected chi connectivity index (χ0v) is 9.92. The Morgan fingerprint density at radius 3 is 2.89 bits per heavy atom. The molecule has 18 heavy (non-hydrogen) atoms. The third-order valence-corrected chi connectivity index (χ3v) is 2.76. The van der Waals surface area contributed by atoms with Gasteiger partial charge in [-0.3, -0.25) is 4.98 Å². The summed E-state index contributed by atoms with van der Waals surface area (Å²) in [5, 5.41) is 6.10. The van der Waals surface area contributed by atoms with Crippen molar-refractivity contribution >= 4 is 10.8 Å². The Balaban J connectivity index is 2.10. The average molecular weight is 240 g/mol. The van der Waals surface area contributed by atoms with Gasteiger partial charge in [-0.2, -0.15) is 4.98 Å². The van der Waals surface area contributed by atoms with Crippen LogP contribution in [0.25, 0.3) is 22.2 Å². The van der Waals surface area contributed by atoms with Crippen LogP contribution >= 0.6 is 0 Å². The summed E-state index contributed by atoms with van der Waals surface area (Å²) in [6.07, 6.45) is 1.85. The van der Waals surface area contributed by atoms with E-state index in [4.69, 9.17) is 10.3 Å². The predicted octanol–water partition coefficient (Wildman–Crippen LogP) is 2.05. The molecular formula is C13H12N4O. The van der Waals surface area contributed by atoms with E-state index in [2.05, 4.69) is 15.1 Å². The van der Waals surface area contributed by atoms with Gasteiger partial charge in [-0.25, -0.2) is 0 Å². The number of nitrogens with two attached hydrogens (primary N) is 1. The van der Waals surface area contributed by atoms with E-state index >= 15 is 0 Å². The molecule has 1 aromatic carbocycles. The van der Waals surface area contributed by atoms with Crippen LogP contribution in [0.2, 0.25) is 0 Å². The van der Waals surface area contributed by atoms with Crippen molar-refractivity contribution in [1.82, 2.24) is 15.1 Å². The van der Waals surface area contributed by atoms with Gasteiger partial charge in [0.15, 0.2) is 0 Å². The van der Waals surface area contributed by atoms with Crippen LogP contribution in [0.5, 0.6) is 0 Å². The highest BCUT2D eigenvalue weighted by molar-refractivity contribution is 5.85. The molecule has 0 aliphatic heterocycles. The number of pyridine rings is 1. The topological polar surface area (TPSA) is 77.8 Å². The zero-order valence-electron chi connectivity index (χ0n) is 9.92. The number of benzene rings is 1. The molecule has 0 saturated carbocycles. The third-order valence-electron chi connectivity index (χ3n) is 2.76. The molecular weight excluding hydrogens is 228 g/mol. The van der Waals surface area contributed by atoms with Crippen LogP contribution in [0.3, 0.4) is 0 Å². The minimum absolute atomic E-state index is 0.251. The van der Waals surface area contributed by atoms with Gasteiger partial charge in [0.25, 0.3) is 0 Å². The second-order valence-electron chi connectivity index (χ2n) is 4.10. The summed E-state index contributed by atoms with van der Waals surface area (Å²) in [6, 6.07) is 8.03. The fourth-order valence-corrected chi connectivity index (χ4v) is 1.85. The van der Waals surface area contributed by atoms with E-state index in [0.717, 1.165) is 22.0 Å². The number of nitrogens with zero attached hydrogens (tertiary/aromatic N) is 3. The summed E-state index contributed by atoms with van der Waals surface area (Å²) in [6.45, 7) is 2.22. The molecule has 2 aromatic heterocycles. The molecule has 5 heteroatoms. The lowest BCUT2D eigenvalue weighted by atomic mass is 10.1. The Kier molecular flexibility index (Phi) is 2.53.